The maximum atomic E-state index is 4.26. The molecule has 2 heterocycles. The fourth-order valence-electron chi connectivity index (χ4n) is 2.83. The third-order valence-corrected chi connectivity index (χ3v) is 3.91. The molecule has 0 saturated carbocycles. The Morgan fingerprint density at radius 1 is 1.17 bits per heavy atom. The van der Waals surface area contributed by atoms with Gasteiger partial charge in [0, 0.05) is 24.0 Å². The van der Waals surface area contributed by atoms with Gasteiger partial charge < -0.3 is 0 Å². The maximum absolute atomic E-state index is 4.26. The van der Waals surface area contributed by atoms with Crippen LogP contribution in [0.4, 0.5) is 0 Å². The highest BCUT2D eigenvalue weighted by Gasteiger charge is 2.19. The first-order valence-corrected chi connectivity index (χ1v) is 6.68. The third kappa shape index (κ3) is 1.92. The van der Waals surface area contributed by atoms with Crippen molar-refractivity contribution in [1.29, 1.82) is 0 Å². The molecular weight excluding hydrogens is 220 g/mol. The van der Waals surface area contributed by atoms with Gasteiger partial charge in [-0.15, -0.1) is 0 Å². The summed E-state index contributed by atoms with van der Waals surface area (Å²) < 4.78 is 2.24. The first-order valence-electron chi connectivity index (χ1n) is 6.68. The minimum absolute atomic E-state index is 1.22. The minimum Gasteiger partial charge on any atom is -0.264 e. The van der Waals surface area contributed by atoms with Crippen LogP contribution in [0.5, 0.6) is 0 Å². The zero-order valence-electron chi connectivity index (χ0n) is 11.1. The lowest BCUT2D eigenvalue weighted by atomic mass is 9.91. The minimum atomic E-state index is 1.22. The lowest BCUT2D eigenvalue weighted by Crippen LogP contribution is -2.32. The van der Waals surface area contributed by atoms with E-state index >= 15 is 0 Å². The summed E-state index contributed by atoms with van der Waals surface area (Å²) in [6, 6.07) is 4.44. The number of pyridine rings is 2. The summed E-state index contributed by atoms with van der Waals surface area (Å²) in [6.45, 7) is 2.15. The Bertz CT molecular complexity index is 588. The number of hydrogen-bond acceptors (Lipinski definition) is 1. The summed E-state index contributed by atoms with van der Waals surface area (Å²) in [6.07, 6.45) is 11.2. The van der Waals surface area contributed by atoms with Crippen molar-refractivity contribution in [1.82, 2.24) is 4.98 Å². The van der Waals surface area contributed by atoms with Crippen molar-refractivity contribution >= 4 is 0 Å². The molecule has 1 aliphatic carbocycles. The summed E-state index contributed by atoms with van der Waals surface area (Å²) in [5.41, 5.74) is 6.86. The van der Waals surface area contributed by atoms with Crippen LogP contribution < -0.4 is 4.57 Å². The molecule has 0 bridgehead atoms. The van der Waals surface area contributed by atoms with Crippen LogP contribution in [0.25, 0.3) is 11.3 Å². The van der Waals surface area contributed by atoms with E-state index in [0.717, 1.165) is 0 Å². The summed E-state index contributed by atoms with van der Waals surface area (Å²) >= 11 is 0. The monoisotopic (exact) mass is 239 g/mol. The molecule has 2 nitrogen and oxygen atoms in total. The summed E-state index contributed by atoms with van der Waals surface area (Å²) in [4.78, 5) is 4.26. The van der Waals surface area contributed by atoms with E-state index in [1.54, 1.807) is 0 Å². The molecule has 2 aromatic heterocycles. The SMILES string of the molecule is Cc1ccncc1-c1cc2c(c[n+]1C)CCCC2. The molecule has 2 heteroatoms. The highest BCUT2D eigenvalue weighted by atomic mass is 14.9. The van der Waals surface area contributed by atoms with Crippen LogP contribution in [0, 0.1) is 6.92 Å². The molecule has 92 valence electrons. The van der Waals surface area contributed by atoms with Crippen LogP contribution in [0.15, 0.2) is 30.7 Å². The van der Waals surface area contributed by atoms with Crippen molar-refractivity contribution in [2.75, 3.05) is 0 Å². The van der Waals surface area contributed by atoms with Crippen molar-refractivity contribution in [3.05, 3.63) is 47.4 Å². The van der Waals surface area contributed by atoms with Crippen LogP contribution >= 0.6 is 0 Å². The van der Waals surface area contributed by atoms with Crippen molar-refractivity contribution in [3.63, 3.8) is 0 Å². The van der Waals surface area contributed by atoms with Crippen LogP contribution in [0.2, 0.25) is 0 Å². The van der Waals surface area contributed by atoms with Crippen molar-refractivity contribution in [3.8, 4) is 11.3 Å². The average Bonchev–Trinajstić information content (AvgIpc) is 2.39. The average molecular weight is 239 g/mol. The molecule has 0 spiro atoms. The predicted octanol–water partition coefficient (Wildman–Crippen LogP) is 2.76. The lowest BCUT2D eigenvalue weighted by Gasteiger charge is -2.15. The molecule has 0 atom stereocenters. The Hall–Kier alpha value is -1.70. The number of nitrogens with zero attached hydrogens (tertiary/aromatic N) is 2. The van der Waals surface area contributed by atoms with E-state index in [0.29, 0.717) is 0 Å². The van der Waals surface area contributed by atoms with Gasteiger partial charge in [0.1, 0.15) is 7.05 Å². The summed E-state index contributed by atoms with van der Waals surface area (Å²) in [5, 5.41) is 0. The second-order valence-electron chi connectivity index (χ2n) is 5.22. The van der Waals surface area contributed by atoms with Gasteiger partial charge in [0.15, 0.2) is 6.20 Å². The van der Waals surface area contributed by atoms with E-state index in [1.165, 1.54) is 53.6 Å². The van der Waals surface area contributed by atoms with Gasteiger partial charge in [-0.2, -0.15) is 0 Å². The predicted molar refractivity (Wildman–Crippen MR) is 72.2 cm³/mol. The zero-order valence-corrected chi connectivity index (χ0v) is 11.1. The Balaban J connectivity index is 2.15. The van der Waals surface area contributed by atoms with Crippen LogP contribution in [0.3, 0.4) is 0 Å². The Morgan fingerprint density at radius 2 is 1.94 bits per heavy atom. The molecule has 0 unspecified atom stereocenters. The normalized spacial score (nSPS) is 14.3. The number of fused-ring (bicyclic) bond motifs is 1. The van der Waals surface area contributed by atoms with E-state index < -0.39 is 0 Å². The Labute approximate surface area is 108 Å². The van der Waals surface area contributed by atoms with Crippen molar-refractivity contribution < 1.29 is 4.57 Å². The highest BCUT2D eigenvalue weighted by molar-refractivity contribution is 5.60. The number of hydrogen-bond donors (Lipinski definition) is 0. The number of aryl methyl sites for hydroxylation is 4. The maximum Gasteiger partial charge on any atom is 0.214 e. The number of rotatable bonds is 1. The molecule has 0 N–H and O–H groups in total. The third-order valence-electron chi connectivity index (χ3n) is 3.91. The van der Waals surface area contributed by atoms with Gasteiger partial charge in [0.2, 0.25) is 5.69 Å². The summed E-state index contributed by atoms with van der Waals surface area (Å²) in [7, 11) is 2.14. The highest BCUT2D eigenvalue weighted by Crippen LogP contribution is 2.25. The van der Waals surface area contributed by atoms with Crippen LogP contribution in [-0.4, -0.2) is 4.98 Å². The molecule has 1 aliphatic rings. The smallest absolute Gasteiger partial charge is 0.214 e. The van der Waals surface area contributed by atoms with Gasteiger partial charge in [0.05, 0.1) is 5.56 Å². The van der Waals surface area contributed by atoms with Crippen LogP contribution in [0.1, 0.15) is 29.5 Å². The van der Waals surface area contributed by atoms with E-state index in [4.69, 9.17) is 0 Å². The Kier molecular flexibility index (Phi) is 2.86. The van der Waals surface area contributed by atoms with E-state index in [9.17, 15) is 0 Å². The Morgan fingerprint density at radius 3 is 2.72 bits per heavy atom. The molecule has 0 radical (unpaired) electrons. The van der Waals surface area contributed by atoms with Gasteiger partial charge in [0.25, 0.3) is 0 Å². The largest absolute Gasteiger partial charge is 0.264 e. The zero-order chi connectivity index (χ0) is 12.5. The fraction of sp³-hybridized carbons (Fsp3) is 0.375. The van der Waals surface area contributed by atoms with E-state index in [2.05, 4.69) is 41.9 Å². The van der Waals surface area contributed by atoms with Crippen molar-refractivity contribution in [2.24, 2.45) is 7.05 Å². The fourth-order valence-corrected chi connectivity index (χ4v) is 2.83. The standard InChI is InChI=1S/C16H19N2/c1-12-7-8-17-10-15(12)16-9-13-5-3-4-6-14(13)11-18(16)2/h7-11H,3-6H2,1-2H3/q+1. The molecule has 2 aromatic rings. The van der Waals surface area contributed by atoms with Crippen molar-refractivity contribution in [2.45, 2.75) is 32.6 Å². The topological polar surface area (TPSA) is 16.8 Å². The number of aromatic nitrogens is 2. The second kappa shape index (κ2) is 4.52. The lowest BCUT2D eigenvalue weighted by molar-refractivity contribution is -0.660. The van der Waals surface area contributed by atoms with Gasteiger partial charge >= 0.3 is 0 Å². The molecule has 0 saturated heterocycles. The molecular formula is C16H19N2+. The first-order chi connectivity index (χ1) is 8.75. The van der Waals surface area contributed by atoms with Gasteiger partial charge in [-0.05, 0) is 49.8 Å². The molecule has 0 aromatic carbocycles. The molecule has 3 rings (SSSR count). The molecule has 18 heavy (non-hydrogen) atoms. The van der Waals surface area contributed by atoms with Crippen LogP contribution in [-0.2, 0) is 19.9 Å². The van der Waals surface area contributed by atoms with Gasteiger partial charge in [-0.25, -0.2) is 4.57 Å². The first kappa shape index (κ1) is 11.4. The van der Waals surface area contributed by atoms with Gasteiger partial charge in [-0.1, -0.05) is 0 Å². The van der Waals surface area contributed by atoms with E-state index in [-0.39, 0.29) is 0 Å². The van der Waals surface area contributed by atoms with E-state index in [1.807, 2.05) is 12.4 Å². The quantitative estimate of drug-likeness (QED) is 0.699. The molecule has 0 amide bonds. The second-order valence-corrected chi connectivity index (χ2v) is 5.22. The molecule has 0 aliphatic heterocycles. The van der Waals surface area contributed by atoms with Gasteiger partial charge in [-0.3, -0.25) is 4.98 Å². The summed E-state index contributed by atoms with van der Waals surface area (Å²) in [5.74, 6) is 0. The molecule has 0 fully saturated rings.